The molecule has 122 valence electrons. The molecule has 0 aromatic heterocycles. The van der Waals surface area contributed by atoms with Crippen LogP contribution in [0.1, 0.15) is 11.1 Å². The molecule has 0 atom stereocenters. The molecule has 0 bridgehead atoms. The van der Waals surface area contributed by atoms with Gasteiger partial charge in [0.1, 0.15) is 17.7 Å². The van der Waals surface area contributed by atoms with Crippen molar-refractivity contribution < 1.29 is 9.47 Å². The molecule has 0 fully saturated rings. The van der Waals surface area contributed by atoms with Gasteiger partial charge >= 0.3 is 0 Å². The largest absolute Gasteiger partial charge is 0.493 e. The molecule has 0 saturated heterocycles. The Labute approximate surface area is 151 Å². The van der Waals surface area contributed by atoms with Crippen LogP contribution < -0.4 is 15.2 Å². The molecule has 2 N–H and O–H groups in total. The SMILES string of the molecule is COc1cccc(C=C(C#N)C(N)=S)c1OCc1ccc(Cl)cc1. The van der Waals surface area contributed by atoms with Crippen LogP contribution in [0.25, 0.3) is 6.08 Å². The number of para-hydroxylation sites is 1. The fraction of sp³-hybridized carbons (Fsp3) is 0.111. The van der Waals surface area contributed by atoms with Gasteiger partial charge in [0.25, 0.3) is 0 Å². The third kappa shape index (κ3) is 4.48. The zero-order chi connectivity index (χ0) is 17.5. The van der Waals surface area contributed by atoms with Crippen LogP contribution in [0.4, 0.5) is 0 Å². The molecule has 0 spiro atoms. The van der Waals surface area contributed by atoms with Gasteiger partial charge in [-0.15, -0.1) is 0 Å². The number of hydrogen-bond acceptors (Lipinski definition) is 4. The lowest BCUT2D eigenvalue weighted by Gasteiger charge is -2.14. The lowest BCUT2D eigenvalue weighted by Crippen LogP contribution is -2.10. The summed E-state index contributed by atoms with van der Waals surface area (Å²) in [7, 11) is 1.55. The lowest BCUT2D eigenvalue weighted by molar-refractivity contribution is 0.284. The van der Waals surface area contributed by atoms with Gasteiger partial charge in [-0.25, -0.2) is 0 Å². The van der Waals surface area contributed by atoms with Crippen LogP contribution in [0, 0.1) is 11.3 Å². The minimum atomic E-state index is 0.0315. The molecular weight excluding hydrogens is 344 g/mol. The van der Waals surface area contributed by atoms with E-state index in [1.165, 1.54) is 0 Å². The fourth-order valence-electron chi connectivity index (χ4n) is 2.01. The van der Waals surface area contributed by atoms with Gasteiger partial charge < -0.3 is 15.2 Å². The minimum absolute atomic E-state index is 0.0315. The molecule has 0 aliphatic carbocycles. The first-order chi connectivity index (χ1) is 11.5. The molecule has 0 heterocycles. The van der Waals surface area contributed by atoms with E-state index in [2.05, 4.69) is 0 Å². The Morgan fingerprint density at radius 1 is 1.29 bits per heavy atom. The normalized spacial score (nSPS) is 10.8. The number of halogens is 1. The molecule has 24 heavy (non-hydrogen) atoms. The molecule has 0 unspecified atom stereocenters. The Morgan fingerprint density at radius 3 is 2.58 bits per heavy atom. The summed E-state index contributed by atoms with van der Waals surface area (Å²) in [6.45, 7) is 0.327. The zero-order valence-electron chi connectivity index (χ0n) is 13.0. The summed E-state index contributed by atoms with van der Waals surface area (Å²) in [6.07, 6.45) is 1.59. The highest BCUT2D eigenvalue weighted by Crippen LogP contribution is 2.33. The van der Waals surface area contributed by atoms with E-state index in [-0.39, 0.29) is 10.6 Å². The number of nitriles is 1. The molecule has 0 radical (unpaired) electrons. The maximum absolute atomic E-state index is 9.14. The molecule has 4 nitrogen and oxygen atoms in total. The second-order valence-corrected chi connectivity index (χ2v) is 5.70. The summed E-state index contributed by atoms with van der Waals surface area (Å²) >= 11 is 10.8. The number of rotatable bonds is 6. The van der Waals surface area contributed by atoms with E-state index < -0.39 is 0 Å². The van der Waals surface area contributed by atoms with Crippen LogP contribution in [0.2, 0.25) is 5.02 Å². The second kappa shape index (κ2) is 8.34. The van der Waals surface area contributed by atoms with Crippen molar-refractivity contribution in [1.82, 2.24) is 0 Å². The van der Waals surface area contributed by atoms with E-state index in [1.54, 1.807) is 43.5 Å². The molecule has 2 rings (SSSR count). The first-order valence-corrected chi connectivity index (χ1v) is 7.79. The van der Waals surface area contributed by atoms with Gasteiger partial charge in [-0.1, -0.05) is 48.1 Å². The van der Waals surface area contributed by atoms with Crippen LogP contribution in [-0.4, -0.2) is 12.1 Å². The Hall–Kier alpha value is -2.55. The third-order valence-electron chi connectivity index (χ3n) is 3.21. The Morgan fingerprint density at radius 2 is 2.00 bits per heavy atom. The van der Waals surface area contributed by atoms with Gasteiger partial charge in [0, 0.05) is 10.6 Å². The summed E-state index contributed by atoms with van der Waals surface area (Å²) in [6, 6.07) is 14.7. The first kappa shape index (κ1) is 17.8. The quantitative estimate of drug-likeness (QED) is 0.478. The van der Waals surface area contributed by atoms with E-state index >= 15 is 0 Å². The van der Waals surface area contributed by atoms with Crippen LogP contribution in [0.3, 0.4) is 0 Å². The Bertz CT molecular complexity index is 811. The smallest absolute Gasteiger partial charge is 0.168 e. The van der Waals surface area contributed by atoms with E-state index in [0.29, 0.717) is 28.7 Å². The monoisotopic (exact) mass is 358 g/mol. The van der Waals surface area contributed by atoms with Crippen LogP contribution in [-0.2, 0) is 6.61 Å². The maximum Gasteiger partial charge on any atom is 0.168 e. The van der Waals surface area contributed by atoms with E-state index in [0.717, 1.165) is 5.56 Å². The van der Waals surface area contributed by atoms with Crippen LogP contribution in [0.15, 0.2) is 48.0 Å². The number of nitrogens with two attached hydrogens (primary N) is 1. The molecule has 0 saturated carbocycles. The summed E-state index contributed by atoms with van der Waals surface area (Å²) in [5.74, 6) is 1.07. The number of thiocarbonyl (C=S) groups is 1. The molecule has 2 aromatic rings. The number of ether oxygens (including phenoxy) is 2. The predicted octanol–water partition coefficient (Wildman–Crippen LogP) is 4.12. The summed E-state index contributed by atoms with van der Waals surface area (Å²) in [4.78, 5) is 0.0315. The molecule has 6 heteroatoms. The first-order valence-electron chi connectivity index (χ1n) is 7.01. The van der Waals surface area contributed by atoms with Gasteiger partial charge in [0.2, 0.25) is 0 Å². The van der Waals surface area contributed by atoms with E-state index in [4.69, 9.17) is 44.3 Å². The highest BCUT2D eigenvalue weighted by molar-refractivity contribution is 7.80. The molecule has 0 amide bonds. The Kier molecular flexibility index (Phi) is 6.19. The number of benzene rings is 2. The predicted molar refractivity (Wildman–Crippen MR) is 99.2 cm³/mol. The minimum Gasteiger partial charge on any atom is -0.493 e. The topological polar surface area (TPSA) is 68.3 Å². The summed E-state index contributed by atoms with van der Waals surface area (Å²) in [5, 5.41) is 9.80. The van der Waals surface area contributed by atoms with Gasteiger partial charge in [-0.2, -0.15) is 5.26 Å². The van der Waals surface area contributed by atoms with Crippen molar-refractivity contribution in [2.45, 2.75) is 6.61 Å². The summed E-state index contributed by atoms with van der Waals surface area (Å²) < 4.78 is 11.3. The number of methoxy groups -OCH3 is 1. The number of hydrogen-bond donors (Lipinski definition) is 1. The standard InChI is InChI=1S/C18H15ClN2O2S/c1-22-16-4-2-3-13(9-14(10-20)18(21)24)17(16)23-11-12-5-7-15(19)8-6-12/h2-9H,11H2,1H3,(H2,21,24). The van der Waals surface area contributed by atoms with Crippen molar-refractivity contribution in [3.8, 4) is 17.6 Å². The van der Waals surface area contributed by atoms with Gasteiger partial charge in [0.15, 0.2) is 11.5 Å². The van der Waals surface area contributed by atoms with Gasteiger partial charge in [-0.3, -0.25) is 0 Å². The van der Waals surface area contributed by atoms with Crippen molar-refractivity contribution in [3.63, 3.8) is 0 Å². The van der Waals surface area contributed by atoms with Crippen molar-refractivity contribution in [1.29, 1.82) is 5.26 Å². The van der Waals surface area contributed by atoms with Crippen molar-refractivity contribution in [2.75, 3.05) is 7.11 Å². The maximum atomic E-state index is 9.14. The van der Waals surface area contributed by atoms with Gasteiger partial charge in [-0.05, 0) is 29.8 Å². The highest BCUT2D eigenvalue weighted by atomic mass is 35.5. The number of nitrogens with zero attached hydrogens (tertiary/aromatic N) is 1. The fourth-order valence-corrected chi connectivity index (χ4v) is 2.24. The van der Waals surface area contributed by atoms with Crippen molar-refractivity contribution >= 4 is 34.9 Å². The second-order valence-electron chi connectivity index (χ2n) is 4.83. The van der Waals surface area contributed by atoms with Crippen LogP contribution >= 0.6 is 23.8 Å². The zero-order valence-corrected chi connectivity index (χ0v) is 14.5. The summed E-state index contributed by atoms with van der Waals surface area (Å²) in [5.41, 5.74) is 7.37. The van der Waals surface area contributed by atoms with Gasteiger partial charge in [0.05, 0.1) is 12.7 Å². The van der Waals surface area contributed by atoms with E-state index in [9.17, 15) is 0 Å². The van der Waals surface area contributed by atoms with Crippen molar-refractivity contribution in [3.05, 3.63) is 64.2 Å². The average Bonchev–Trinajstić information content (AvgIpc) is 2.59. The molecule has 0 aliphatic rings. The Balaban J connectivity index is 2.35. The molecular formula is C18H15ClN2O2S. The van der Waals surface area contributed by atoms with Crippen molar-refractivity contribution in [2.24, 2.45) is 5.73 Å². The third-order valence-corrected chi connectivity index (χ3v) is 3.68. The highest BCUT2D eigenvalue weighted by Gasteiger charge is 2.11. The lowest BCUT2D eigenvalue weighted by atomic mass is 10.1. The molecule has 0 aliphatic heterocycles. The van der Waals surface area contributed by atoms with E-state index in [1.807, 2.05) is 18.2 Å². The molecule has 2 aromatic carbocycles. The van der Waals surface area contributed by atoms with Crippen LogP contribution in [0.5, 0.6) is 11.5 Å². The average molecular weight is 359 g/mol.